The number of aryl methyl sites for hydroxylation is 1. The lowest BCUT2D eigenvalue weighted by molar-refractivity contribution is 0.527. The molecule has 3 heteroatoms. The van der Waals surface area contributed by atoms with Crippen molar-refractivity contribution >= 4 is 0 Å². The SMILES string of the molecule is CCCNC(Cc1ccc(F)cc1)c1ccc(C)nc1. The van der Waals surface area contributed by atoms with Crippen molar-refractivity contribution in [2.24, 2.45) is 0 Å². The normalized spacial score (nSPS) is 12.3. The van der Waals surface area contributed by atoms with Crippen molar-refractivity contribution in [2.75, 3.05) is 6.54 Å². The minimum Gasteiger partial charge on any atom is -0.310 e. The number of aromatic nitrogens is 1. The van der Waals surface area contributed by atoms with Crippen LogP contribution in [0, 0.1) is 12.7 Å². The summed E-state index contributed by atoms with van der Waals surface area (Å²) in [5.74, 6) is -0.191. The van der Waals surface area contributed by atoms with Crippen LogP contribution >= 0.6 is 0 Å². The maximum absolute atomic E-state index is 13.0. The first-order chi connectivity index (χ1) is 9.69. The third-order valence-electron chi connectivity index (χ3n) is 3.33. The molecule has 0 radical (unpaired) electrons. The van der Waals surface area contributed by atoms with Crippen molar-refractivity contribution in [1.29, 1.82) is 0 Å². The quantitative estimate of drug-likeness (QED) is 0.865. The standard InChI is InChI=1S/C17H21FN2/c1-3-10-19-17(15-7-4-13(2)20-12-15)11-14-5-8-16(18)9-6-14/h4-9,12,17,19H,3,10-11H2,1-2H3. The van der Waals surface area contributed by atoms with E-state index in [0.717, 1.165) is 30.6 Å². The van der Waals surface area contributed by atoms with Crippen LogP contribution in [0.1, 0.15) is 36.2 Å². The Morgan fingerprint density at radius 1 is 1.15 bits per heavy atom. The van der Waals surface area contributed by atoms with Crippen LogP contribution in [0.4, 0.5) is 4.39 Å². The van der Waals surface area contributed by atoms with Crippen molar-refractivity contribution in [3.8, 4) is 0 Å². The van der Waals surface area contributed by atoms with Crippen molar-refractivity contribution in [2.45, 2.75) is 32.7 Å². The molecule has 1 heterocycles. The third-order valence-corrected chi connectivity index (χ3v) is 3.33. The van der Waals surface area contributed by atoms with Gasteiger partial charge in [0.25, 0.3) is 0 Å². The van der Waals surface area contributed by atoms with E-state index in [1.165, 1.54) is 17.7 Å². The molecule has 0 fully saturated rings. The molecule has 0 spiro atoms. The lowest BCUT2D eigenvalue weighted by Gasteiger charge is -2.19. The third kappa shape index (κ3) is 4.14. The molecule has 20 heavy (non-hydrogen) atoms. The fraction of sp³-hybridized carbons (Fsp3) is 0.353. The number of hydrogen-bond donors (Lipinski definition) is 1. The second-order valence-electron chi connectivity index (χ2n) is 5.07. The smallest absolute Gasteiger partial charge is 0.123 e. The minimum atomic E-state index is -0.191. The Labute approximate surface area is 120 Å². The molecule has 0 aliphatic heterocycles. The van der Waals surface area contributed by atoms with Gasteiger partial charge in [-0.1, -0.05) is 25.1 Å². The Balaban J connectivity index is 2.14. The Morgan fingerprint density at radius 3 is 2.50 bits per heavy atom. The molecule has 0 saturated heterocycles. The van der Waals surface area contributed by atoms with Crippen LogP contribution in [0.15, 0.2) is 42.6 Å². The molecule has 1 unspecified atom stereocenters. The van der Waals surface area contributed by atoms with Crippen LogP contribution < -0.4 is 5.32 Å². The van der Waals surface area contributed by atoms with Gasteiger partial charge in [-0.3, -0.25) is 4.98 Å². The number of halogens is 1. The van der Waals surface area contributed by atoms with Crippen LogP contribution in [0.5, 0.6) is 0 Å². The summed E-state index contributed by atoms with van der Waals surface area (Å²) < 4.78 is 13.0. The first kappa shape index (κ1) is 14.7. The molecule has 0 aliphatic carbocycles. The molecule has 0 bridgehead atoms. The number of benzene rings is 1. The van der Waals surface area contributed by atoms with E-state index in [-0.39, 0.29) is 11.9 Å². The predicted molar refractivity (Wildman–Crippen MR) is 80.1 cm³/mol. The Bertz CT molecular complexity index is 520. The molecule has 1 aromatic heterocycles. The van der Waals surface area contributed by atoms with Gasteiger partial charge >= 0.3 is 0 Å². The first-order valence-corrected chi connectivity index (χ1v) is 7.09. The Morgan fingerprint density at radius 2 is 1.90 bits per heavy atom. The molecule has 1 N–H and O–H groups in total. The molecule has 106 valence electrons. The summed E-state index contributed by atoms with van der Waals surface area (Å²) in [5, 5.41) is 3.53. The Kier molecular flexibility index (Phi) is 5.24. The first-order valence-electron chi connectivity index (χ1n) is 7.09. The van der Waals surface area contributed by atoms with Crippen molar-refractivity contribution < 1.29 is 4.39 Å². The van der Waals surface area contributed by atoms with Crippen molar-refractivity contribution in [3.63, 3.8) is 0 Å². The highest BCUT2D eigenvalue weighted by Gasteiger charge is 2.12. The van der Waals surface area contributed by atoms with Gasteiger partial charge in [-0.05, 0) is 55.6 Å². The number of rotatable bonds is 6. The zero-order valence-corrected chi connectivity index (χ0v) is 12.1. The molecule has 2 rings (SSSR count). The fourth-order valence-corrected chi connectivity index (χ4v) is 2.17. The van der Waals surface area contributed by atoms with E-state index in [1.807, 2.05) is 31.3 Å². The average Bonchev–Trinajstić information content (AvgIpc) is 2.46. The predicted octanol–water partition coefficient (Wildman–Crippen LogP) is 3.81. The maximum Gasteiger partial charge on any atom is 0.123 e. The zero-order chi connectivity index (χ0) is 14.4. The van der Waals surface area contributed by atoms with E-state index in [9.17, 15) is 4.39 Å². The molecular formula is C17H21FN2. The molecule has 0 aliphatic rings. The van der Waals surface area contributed by atoms with Gasteiger partial charge in [0.1, 0.15) is 5.82 Å². The van der Waals surface area contributed by atoms with E-state index < -0.39 is 0 Å². The van der Waals surface area contributed by atoms with E-state index in [1.54, 1.807) is 0 Å². The lowest BCUT2D eigenvalue weighted by atomic mass is 10.00. The largest absolute Gasteiger partial charge is 0.310 e. The van der Waals surface area contributed by atoms with E-state index >= 15 is 0 Å². The van der Waals surface area contributed by atoms with Gasteiger partial charge in [0.2, 0.25) is 0 Å². The second kappa shape index (κ2) is 7.15. The lowest BCUT2D eigenvalue weighted by Crippen LogP contribution is -2.24. The second-order valence-corrected chi connectivity index (χ2v) is 5.07. The molecule has 0 saturated carbocycles. The molecule has 0 amide bonds. The van der Waals surface area contributed by atoms with Crippen molar-refractivity contribution in [3.05, 3.63) is 65.2 Å². The zero-order valence-electron chi connectivity index (χ0n) is 12.1. The molecular weight excluding hydrogens is 251 g/mol. The fourth-order valence-electron chi connectivity index (χ4n) is 2.17. The van der Waals surface area contributed by atoms with Crippen LogP contribution in [-0.4, -0.2) is 11.5 Å². The monoisotopic (exact) mass is 272 g/mol. The minimum absolute atomic E-state index is 0.191. The molecule has 1 aromatic carbocycles. The van der Waals surface area contributed by atoms with Crippen LogP contribution in [0.25, 0.3) is 0 Å². The number of nitrogens with zero attached hydrogens (tertiary/aromatic N) is 1. The topological polar surface area (TPSA) is 24.9 Å². The average molecular weight is 272 g/mol. The highest BCUT2D eigenvalue weighted by atomic mass is 19.1. The van der Waals surface area contributed by atoms with Gasteiger partial charge in [0.15, 0.2) is 0 Å². The summed E-state index contributed by atoms with van der Waals surface area (Å²) in [5.41, 5.74) is 3.32. The summed E-state index contributed by atoms with van der Waals surface area (Å²) in [6.45, 7) is 5.09. The number of nitrogens with one attached hydrogen (secondary N) is 1. The summed E-state index contributed by atoms with van der Waals surface area (Å²) in [4.78, 5) is 4.36. The summed E-state index contributed by atoms with van der Waals surface area (Å²) >= 11 is 0. The van der Waals surface area contributed by atoms with Crippen molar-refractivity contribution in [1.82, 2.24) is 10.3 Å². The van der Waals surface area contributed by atoms with E-state index in [0.29, 0.717) is 0 Å². The van der Waals surface area contributed by atoms with Gasteiger partial charge in [-0.15, -0.1) is 0 Å². The van der Waals surface area contributed by atoms with Gasteiger partial charge in [0, 0.05) is 17.9 Å². The highest BCUT2D eigenvalue weighted by Crippen LogP contribution is 2.18. The molecule has 1 atom stereocenters. The maximum atomic E-state index is 13.0. The van der Waals surface area contributed by atoms with Crippen LogP contribution in [0.3, 0.4) is 0 Å². The van der Waals surface area contributed by atoms with Gasteiger partial charge in [0.05, 0.1) is 0 Å². The number of pyridine rings is 1. The summed E-state index contributed by atoms with van der Waals surface area (Å²) in [7, 11) is 0. The number of hydrogen-bond acceptors (Lipinski definition) is 2. The summed E-state index contributed by atoms with van der Waals surface area (Å²) in [6, 6.07) is 11.1. The van der Waals surface area contributed by atoms with Gasteiger partial charge in [-0.25, -0.2) is 4.39 Å². The van der Waals surface area contributed by atoms with E-state index in [4.69, 9.17) is 0 Å². The molecule has 2 aromatic rings. The van der Waals surface area contributed by atoms with Crippen LogP contribution in [-0.2, 0) is 6.42 Å². The summed E-state index contributed by atoms with van der Waals surface area (Å²) in [6.07, 6.45) is 3.84. The Hall–Kier alpha value is -1.74. The highest BCUT2D eigenvalue weighted by molar-refractivity contribution is 5.23. The van der Waals surface area contributed by atoms with Gasteiger partial charge < -0.3 is 5.32 Å². The van der Waals surface area contributed by atoms with Crippen LogP contribution in [0.2, 0.25) is 0 Å². The van der Waals surface area contributed by atoms with Gasteiger partial charge in [-0.2, -0.15) is 0 Å². The van der Waals surface area contributed by atoms with E-state index in [2.05, 4.69) is 23.3 Å². The molecule has 2 nitrogen and oxygen atoms in total.